The van der Waals surface area contributed by atoms with Gasteiger partial charge in [0.15, 0.2) is 0 Å². The highest BCUT2D eigenvalue weighted by Crippen LogP contribution is 2.41. The van der Waals surface area contributed by atoms with Crippen molar-refractivity contribution in [2.75, 3.05) is 31.2 Å². The van der Waals surface area contributed by atoms with Crippen LogP contribution in [-0.2, 0) is 4.74 Å². The molecular formula is C17H28Cl2N4O. The predicted octanol–water partition coefficient (Wildman–Crippen LogP) is 2.92. The molecule has 24 heavy (non-hydrogen) atoms. The lowest BCUT2D eigenvalue weighted by Crippen LogP contribution is -2.46. The van der Waals surface area contributed by atoms with Crippen LogP contribution in [0.5, 0.6) is 0 Å². The van der Waals surface area contributed by atoms with E-state index >= 15 is 0 Å². The summed E-state index contributed by atoms with van der Waals surface area (Å²) in [5.74, 6) is 1.65. The van der Waals surface area contributed by atoms with Crippen molar-refractivity contribution in [1.82, 2.24) is 9.97 Å². The average Bonchev–Trinajstić information content (AvgIpc) is 2.53. The molecule has 2 saturated heterocycles. The molecule has 5 nitrogen and oxygen atoms in total. The molecule has 0 amide bonds. The fourth-order valence-corrected chi connectivity index (χ4v) is 4.28. The zero-order chi connectivity index (χ0) is 15.0. The van der Waals surface area contributed by atoms with Crippen LogP contribution in [0.2, 0.25) is 0 Å². The first-order chi connectivity index (χ1) is 10.7. The number of aromatic nitrogens is 2. The standard InChI is InChI=1S/C17H26N4O.2ClH/c18-14-8-13(9-14)15-10-16(20-12-19-15)21-5-1-2-17(11-21)3-6-22-7-4-17;;/h10,12-14H,1-9,11,18H2;2*1H. The number of hydrogen-bond acceptors (Lipinski definition) is 5. The van der Waals surface area contributed by atoms with Crippen LogP contribution in [0.15, 0.2) is 12.4 Å². The minimum absolute atomic E-state index is 0. The summed E-state index contributed by atoms with van der Waals surface area (Å²) in [5.41, 5.74) is 7.54. The number of piperidine rings is 1. The van der Waals surface area contributed by atoms with E-state index in [9.17, 15) is 0 Å². The lowest BCUT2D eigenvalue weighted by Gasteiger charge is -2.45. The highest BCUT2D eigenvalue weighted by atomic mass is 35.5. The number of nitrogens with two attached hydrogens (primary N) is 1. The summed E-state index contributed by atoms with van der Waals surface area (Å²) in [6, 6.07) is 2.57. The van der Waals surface area contributed by atoms with Crippen molar-refractivity contribution < 1.29 is 4.74 Å². The second kappa shape index (κ2) is 8.17. The molecule has 1 spiro atoms. The SMILES string of the molecule is Cl.Cl.NC1CC(c2cc(N3CCCC4(CCOCC4)C3)ncn2)C1. The molecule has 0 unspecified atom stereocenters. The first-order valence-corrected chi connectivity index (χ1v) is 8.64. The molecule has 2 N–H and O–H groups in total. The van der Waals surface area contributed by atoms with E-state index in [1.807, 2.05) is 0 Å². The fourth-order valence-electron chi connectivity index (χ4n) is 4.28. The largest absolute Gasteiger partial charge is 0.381 e. The van der Waals surface area contributed by atoms with Gasteiger partial charge in [-0.3, -0.25) is 0 Å². The maximum absolute atomic E-state index is 5.91. The molecule has 1 aliphatic carbocycles. The minimum atomic E-state index is 0. The molecule has 3 aliphatic rings. The Balaban J connectivity index is 0.00000104. The van der Waals surface area contributed by atoms with Crippen molar-refractivity contribution in [1.29, 1.82) is 0 Å². The Morgan fingerprint density at radius 3 is 2.58 bits per heavy atom. The maximum atomic E-state index is 5.91. The van der Waals surface area contributed by atoms with E-state index < -0.39 is 0 Å². The fraction of sp³-hybridized carbons (Fsp3) is 0.765. The Labute approximate surface area is 156 Å². The van der Waals surface area contributed by atoms with Crippen molar-refractivity contribution in [2.45, 2.75) is 50.5 Å². The molecule has 3 fully saturated rings. The van der Waals surface area contributed by atoms with Crippen molar-refractivity contribution in [3.63, 3.8) is 0 Å². The third kappa shape index (κ3) is 3.96. The summed E-state index contributed by atoms with van der Waals surface area (Å²) < 4.78 is 5.56. The van der Waals surface area contributed by atoms with Crippen LogP contribution in [0.25, 0.3) is 0 Å². The number of hydrogen-bond donors (Lipinski definition) is 1. The van der Waals surface area contributed by atoms with Crippen LogP contribution in [-0.4, -0.2) is 42.3 Å². The highest BCUT2D eigenvalue weighted by molar-refractivity contribution is 5.85. The first-order valence-electron chi connectivity index (χ1n) is 8.64. The second-order valence-corrected chi connectivity index (χ2v) is 7.37. The topological polar surface area (TPSA) is 64.3 Å². The third-order valence-electron chi connectivity index (χ3n) is 5.81. The van der Waals surface area contributed by atoms with Gasteiger partial charge in [-0.25, -0.2) is 9.97 Å². The molecule has 0 atom stereocenters. The van der Waals surface area contributed by atoms with E-state index in [0.717, 1.165) is 45.0 Å². The third-order valence-corrected chi connectivity index (χ3v) is 5.81. The van der Waals surface area contributed by atoms with Gasteiger partial charge in [0.25, 0.3) is 0 Å². The Bertz CT molecular complexity index is 528. The van der Waals surface area contributed by atoms with Gasteiger partial charge in [-0.05, 0) is 43.9 Å². The Morgan fingerprint density at radius 2 is 1.88 bits per heavy atom. The van der Waals surface area contributed by atoms with E-state index in [0.29, 0.717) is 17.4 Å². The Morgan fingerprint density at radius 1 is 1.12 bits per heavy atom. The predicted molar refractivity (Wildman–Crippen MR) is 100 cm³/mol. The van der Waals surface area contributed by atoms with Gasteiger partial charge in [-0.2, -0.15) is 0 Å². The molecule has 0 radical (unpaired) electrons. The van der Waals surface area contributed by atoms with E-state index in [1.165, 1.54) is 31.4 Å². The number of nitrogens with zero attached hydrogens (tertiary/aromatic N) is 3. The zero-order valence-electron chi connectivity index (χ0n) is 14.0. The molecule has 2 aliphatic heterocycles. The summed E-state index contributed by atoms with van der Waals surface area (Å²) >= 11 is 0. The van der Waals surface area contributed by atoms with E-state index in [2.05, 4.69) is 20.9 Å². The summed E-state index contributed by atoms with van der Waals surface area (Å²) in [4.78, 5) is 11.5. The Kier molecular flexibility index (Phi) is 6.71. The molecule has 1 aromatic heterocycles. The number of ether oxygens (including phenoxy) is 1. The van der Waals surface area contributed by atoms with Gasteiger partial charge in [-0.15, -0.1) is 24.8 Å². The van der Waals surface area contributed by atoms with Gasteiger partial charge < -0.3 is 15.4 Å². The van der Waals surface area contributed by atoms with Crippen molar-refractivity contribution in [2.24, 2.45) is 11.1 Å². The maximum Gasteiger partial charge on any atom is 0.132 e. The lowest BCUT2D eigenvalue weighted by atomic mass is 9.74. The van der Waals surface area contributed by atoms with Crippen LogP contribution < -0.4 is 10.6 Å². The van der Waals surface area contributed by atoms with Gasteiger partial charge in [0.2, 0.25) is 0 Å². The first kappa shape index (κ1) is 19.7. The highest BCUT2D eigenvalue weighted by Gasteiger charge is 2.37. The van der Waals surface area contributed by atoms with Crippen LogP contribution in [0.3, 0.4) is 0 Å². The normalized spacial score (nSPS) is 28.5. The molecule has 1 saturated carbocycles. The van der Waals surface area contributed by atoms with E-state index in [4.69, 9.17) is 10.5 Å². The van der Waals surface area contributed by atoms with Crippen molar-refractivity contribution in [3.05, 3.63) is 18.1 Å². The summed E-state index contributed by atoms with van der Waals surface area (Å²) in [5, 5.41) is 0. The summed E-state index contributed by atoms with van der Waals surface area (Å²) in [7, 11) is 0. The number of rotatable bonds is 2. The smallest absolute Gasteiger partial charge is 0.132 e. The quantitative estimate of drug-likeness (QED) is 0.861. The second-order valence-electron chi connectivity index (χ2n) is 7.37. The monoisotopic (exact) mass is 374 g/mol. The molecule has 4 rings (SSSR count). The summed E-state index contributed by atoms with van der Waals surface area (Å²) in [6.07, 6.45) is 8.85. The Hall–Kier alpha value is -0.620. The summed E-state index contributed by atoms with van der Waals surface area (Å²) in [6.45, 7) is 4.08. The van der Waals surface area contributed by atoms with Gasteiger partial charge in [0.05, 0.1) is 0 Å². The number of halogens is 2. The molecule has 0 bridgehead atoms. The van der Waals surface area contributed by atoms with Crippen LogP contribution in [0.4, 0.5) is 5.82 Å². The molecule has 1 aromatic rings. The molecule has 0 aromatic carbocycles. The van der Waals surface area contributed by atoms with Crippen LogP contribution in [0.1, 0.15) is 50.1 Å². The van der Waals surface area contributed by atoms with E-state index in [1.54, 1.807) is 6.33 Å². The molecular weight excluding hydrogens is 347 g/mol. The van der Waals surface area contributed by atoms with Crippen LogP contribution >= 0.6 is 24.8 Å². The molecule has 7 heteroatoms. The molecule has 3 heterocycles. The van der Waals surface area contributed by atoms with Crippen LogP contribution in [0, 0.1) is 5.41 Å². The van der Waals surface area contributed by atoms with Gasteiger partial charge in [0, 0.05) is 50.0 Å². The zero-order valence-corrected chi connectivity index (χ0v) is 15.7. The van der Waals surface area contributed by atoms with Gasteiger partial charge in [0.1, 0.15) is 12.1 Å². The van der Waals surface area contributed by atoms with Gasteiger partial charge in [-0.1, -0.05) is 0 Å². The van der Waals surface area contributed by atoms with Gasteiger partial charge >= 0.3 is 0 Å². The van der Waals surface area contributed by atoms with E-state index in [-0.39, 0.29) is 24.8 Å². The lowest BCUT2D eigenvalue weighted by molar-refractivity contribution is 0.00746. The molecule has 136 valence electrons. The average molecular weight is 375 g/mol. The van der Waals surface area contributed by atoms with Crippen molar-refractivity contribution in [3.8, 4) is 0 Å². The van der Waals surface area contributed by atoms with Crippen molar-refractivity contribution >= 4 is 30.6 Å². The number of anilines is 1. The minimum Gasteiger partial charge on any atom is -0.381 e.